The highest BCUT2D eigenvalue weighted by molar-refractivity contribution is 6.05. The maximum atomic E-state index is 12.3. The fourth-order valence-electron chi connectivity index (χ4n) is 2.01. The Bertz CT molecular complexity index is 767. The largest absolute Gasteiger partial charge is 0.497 e. The van der Waals surface area contributed by atoms with Gasteiger partial charge in [0.15, 0.2) is 5.82 Å². The van der Waals surface area contributed by atoms with Crippen molar-refractivity contribution in [2.45, 2.75) is 0 Å². The van der Waals surface area contributed by atoms with Crippen LogP contribution in [0.25, 0.3) is 5.82 Å². The van der Waals surface area contributed by atoms with Gasteiger partial charge in [0.2, 0.25) is 0 Å². The molecule has 0 saturated carbocycles. The van der Waals surface area contributed by atoms with Crippen molar-refractivity contribution in [3.8, 4) is 11.6 Å². The van der Waals surface area contributed by atoms with Gasteiger partial charge in [-0.1, -0.05) is 0 Å². The van der Waals surface area contributed by atoms with Gasteiger partial charge in [-0.15, -0.1) is 0 Å². The first kappa shape index (κ1) is 13.8. The molecule has 1 N–H and O–H groups in total. The maximum Gasteiger partial charge on any atom is 0.255 e. The SMILES string of the molecule is COc1ccc(C(=O)Nc2cccnc2-n2cccn2)cc1. The molecule has 2 heterocycles. The van der Waals surface area contributed by atoms with Crippen LogP contribution in [0.3, 0.4) is 0 Å². The third kappa shape index (κ3) is 2.80. The summed E-state index contributed by atoms with van der Waals surface area (Å²) in [5, 5.41) is 6.99. The van der Waals surface area contributed by atoms with Crippen molar-refractivity contribution in [3.63, 3.8) is 0 Å². The van der Waals surface area contributed by atoms with Crippen LogP contribution in [-0.2, 0) is 0 Å². The van der Waals surface area contributed by atoms with Gasteiger partial charge in [0.25, 0.3) is 5.91 Å². The number of anilines is 1. The van der Waals surface area contributed by atoms with Gasteiger partial charge >= 0.3 is 0 Å². The van der Waals surface area contributed by atoms with E-state index in [4.69, 9.17) is 4.74 Å². The van der Waals surface area contributed by atoms with E-state index >= 15 is 0 Å². The van der Waals surface area contributed by atoms with Crippen molar-refractivity contribution in [2.24, 2.45) is 0 Å². The molecule has 2 aromatic heterocycles. The molecule has 0 radical (unpaired) electrons. The highest BCUT2D eigenvalue weighted by atomic mass is 16.5. The first-order valence-electron chi connectivity index (χ1n) is 6.68. The summed E-state index contributed by atoms with van der Waals surface area (Å²) in [6, 6.07) is 12.2. The van der Waals surface area contributed by atoms with E-state index in [-0.39, 0.29) is 5.91 Å². The summed E-state index contributed by atoms with van der Waals surface area (Å²) in [5.41, 5.74) is 1.13. The number of rotatable bonds is 4. The number of methoxy groups -OCH3 is 1. The highest BCUT2D eigenvalue weighted by Gasteiger charge is 2.11. The smallest absolute Gasteiger partial charge is 0.255 e. The van der Waals surface area contributed by atoms with Crippen LogP contribution in [0.2, 0.25) is 0 Å². The predicted octanol–water partition coefficient (Wildman–Crippen LogP) is 2.53. The predicted molar refractivity (Wildman–Crippen MR) is 82.3 cm³/mol. The first-order valence-corrected chi connectivity index (χ1v) is 6.68. The normalized spacial score (nSPS) is 10.2. The lowest BCUT2D eigenvalue weighted by Crippen LogP contribution is -2.14. The van der Waals surface area contributed by atoms with E-state index in [1.165, 1.54) is 0 Å². The standard InChI is InChI=1S/C16H14N4O2/c1-22-13-7-5-12(6-8-13)16(21)19-14-4-2-9-17-15(14)20-11-3-10-18-20/h2-11H,1H3,(H,19,21). The van der Waals surface area contributed by atoms with Crippen LogP contribution in [0.15, 0.2) is 61.1 Å². The summed E-state index contributed by atoms with van der Waals surface area (Å²) < 4.78 is 6.68. The molecule has 3 aromatic rings. The Kier molecular flexibility index (Phi) is 3.82. The number of hydrogen-bond acceptors (Lipinski definition) is 4. The Hall–Kier alpha value is -3.15. The summed E-state index contributed by atoms with van der Waals surface area (Å²) in [7, 11) is 1.58. The molecule has 0 atom stereocenters. The Labute approximate surface area is 127 Å². The number of hydrogen-bond donors (Lipinski definition) is 1. The number of ether oxygens (including phenoxy) is 1. The molecule has 110 valence electrons. The van der Waals surface area contributed by atoms with Crippen LogP contribution in [0, 0.1) is 0 Å². The van der Waals surface area contributed by atoms with Crippen LogP contribution in [-0.4, -0.2) is 27.8 Å². The molecule has 0 aliphatic carbocycles. The van der Waals surface area contributed by atoms with E-state index in [1.54, 1.807) is 72.8 Å². The maximum absolute atomic E-state index is 12.3. The number of amides is 1. The molecule has 0 spiro atoms. The number of pyridine rings is 1. The molecular weight excluding hydrogens is 280 g/mol. The quantitative estimate of drug-likeness (QED) is 0.802. The van der Waals surface area contributed by atoms with Gasteiger partial charge < -0.3 is 10.1 Å². The zero-order valence-corrected chi connectivity index (χ0v) is 11.9. The van der Waals surface area contributed by atoms with Crippen LogP contribution in [0.4, 0.5) is 5.69 Å². The molecule has 0 saturated heterocycles. The van der Waals surface area contributed by atoms with E-state index in [9.17, 15) is 4.79 Å². The van der Waals surface area contributed by atoms with Crippen LogP contribution in [0.5, 0.6) is 5.75 Å². The van der Waals surface area contributed by atoms with Gasteiger partial charge in [0.05, 0.1) is 12.8 Å². The Balaban J connectivity index is 1.85. The number of benzene rings is 1. The zero-order chi connectivity index (χ0) is 15.4. The van der Waals surface area contributed by atoms with E-state index in [1.807, 2.05) is 0 Å². The molecule has 3 rings (SSSR count). The molecule has 1 aromatic carbocycles. The van der Waals surface area contributed by atoms with E-state index in [0.29, 0.717) is 22.8 Å². The average molecular weight is 294 g/mol. The molecular formula is C16H14N4O2. The average Bonchev–Trinajstić information content (AvgIpc) is 3.10. The summed E-state index contributed by atoms with van der Waals surface area (Å²) in [5.74, 6) is 1.05. The van der Waals surface area contributed by atoms with E-state index < -0.39 is 0 Å². The van der Waals surface area contributed by atoms with Crippen molar-refractivity contribution in [1.82, 2.24) is 14.8 Å². The molecule has 6 heteroatoms. The number of carbonyl (C=O) groups is 1. The van der Waals surface area contributed by atoms with Crippen molar-refractivity contribution in [2.75, 3.05) is 12.4 Å². The van der Waals surface area contributed by atoms with E-state index in [2.05, 4.69) is 15.4 Å². The minimum atomic E-state index is -0.218. The third-order valence-corrected chi connectivity index (χ3v) is 3.11. The summed E-state index contributed by atoms with van der Waals surface area (Å²) >= 11 is 0. The van der Waals surface area contributed by atoms with Gasteiger partial charge in [-0.05, 0) is 42.5 Å². The summed E-state index contributed by atoms with van der Waals surface area (Å²) in [6.07, 6.45) is 5.08. The first-order chi connectivity index (χ1) is 10.8. The minimum Gasteiger partial charge on any atom is -0.497 e. The highest BCUT2D eigenvalue weighted by Crippen LogP contribution is 2.18. The van der Waals surface area contributed by atoms with E-state index in [0.717, 1.165) is 0 Å². The summed E-state index contributed by atoms with van der Waals surface area (Å²) in [4.78, 5) is 16.6. The Morgan fingerprint density at radius 2 is 1.95 bits per heavy atom. The van der Waals surface area contributed by atoms with Crippen LogP contribution >= 0.6 is 0 Å². The number of nitrogens with one attached hydrogen (secondary N) is 1. The van der Waals surface area contributed by atoms with Crippen molar-refractivity contribution < 1.29 is 9.53 Å². The van der Waals surface area contributed by atoms with Crippen molar-refractivity contribution in [3.05, 3.63) is 66.6 Å². The number of nitrogens with zero attached hydrogens (tertiary/aromatic N) is 3. The monoisotopic (exact) mass is 294 g/mol. The topological polar surface area (TPSA) is 69.0 Å². The van der Waals surface area contributed by atoms with Crippen LogP contribution < -0.4 is 10.1 Å². The zero-order valence-electron chi connectivity index (χ0n) is 11.9. The molecule has 0 aliphatic rings. The van der Waals surface area contributed by atoms with Crippen molar-refractivity contribution in [1.29, 1.82) is 0 Å². The van der Waals surface area contributed by atoms with Gasteiger partial charge in [-0.25, -0.2) is 9.67 Å². The lowest BCUT2D eigenvalue weighted by Gasteiger charge is -2.10. The van der Waals surface area contributed by atoms with Crippen LogP contribution in [0.1, 0.15) is 10.4 Å². The van der Waals surface area contributed by atoms with Gasteiger partial charge in [-0.3, -0.25) is 4.79 Å². The van der Waals surface area contributed by atoms with Crippen molar-refractivity contribution >= 4 is 11.6 Å². The minimum absolute atomic E-state index is 0.218. The molecule has 0 bridgehead atoms. The molecule has 22 heavy (non-hydrogen) atoms. The summed E-state index contributed by atoms with van der Waals surface area (Å²) in [6.45, 7) is 0. The Morgan fingerprint density at radius 1 is 1.14 bits per heavy atom. The third-order valence-electron chi connectivity index (χ3n) is 3.11. The van der Waals surface area contributed by atoms with Gasteiger partial charge in [0.1, 0.15) is 5.75 Å². The fraction of sp³-hybridized carbons (Fsp3) is 0.0625. The Morgan fingerprint density at radius 3 is 2.64 bits per heavy atom. The second-order valence-corrected chi connectivity index (χ2v) is 4.51. The number of aromatic nitrogens is 3. The van der Waals surface area contributed by atoms with Gasteiger partial charge in [0, 0.05) is 24.2 Å². The lowest BCUT2D eigenvalue weighted by atomic mass is 10.2. The second-order valence-electron chi connectivity index (χ2n) is 4.51. The fourth-order valence-corrected chi connectivity index (χ4v) is 2.01. The molecule has 1 amide bonds. The molecule has 0 unspecified atom stereocenters. The molecule has 0 aliphatic heterocycles. The lowest BCUT2D eigenvalue weighted by molar-refractivity contribution is 0.102. The second kappa shape index (κ2) is 6.09. The number of carbonyl (C=O) groups excluding carboxylic acids is 1. The molecule has 6 nitrogen and oxygen atoms in total. The van der Waals surface area contributed by atoms with Gasteiger partial charge in [-0.2, -0.15) is 5.10 Å². The molecule has 0 fully saturated rings.